The summed E-state index contributed by atoms with van der Waals surface area (Å²) in [7, 11) is 0. The second-order valence-electron chi connectivity index (χ2n) is 11.8. The van der Waals surface area contributed by atoms with Gasteiger partial charge in [-0.3, -0.25) is 0 Å². The first kappa shape index (κ1) is 23.7. The fraction of sp³-hybridized carbons (Fsp3) is 0. The smallest absolute Gasteiger partial charge is 0.0562 e. The number of aromatic nitrogens is 2. The van der Waals surface area contributed by atoms with Gasteiger partial charge in [0.05, 0.1) is 27.6 Å². The lowest BCUT2D eigenvalue weighted by atomic mass is 10.0. The Bertz CT molecular complexity index is 2780. The molecule has 0 saturated carbocycles. The highest BCUT2D eigenvalue weighted by molar-refractivity contribution is 6.19. The van der Waals surface area contributed by atoms with Gasteiger partial charge in [0.15, 0.2) is 0 Å². The first-order chi connectivity index (χ1) is 21.8. The Morgan fingerprint density at radius 2 is 0.955 bits per heavy atom. The fourth-order valence-electron chi connectivity index (χ4n) is 7.44. The van der Waals surface area contributed by atoms with Gasteiger partial charge in [-0.05, 0) is 75.8 Å². The Morgan fingerprint density at radius 3 is 1.80 bits per heavy atom. The SMILES string of the molecule is c1cc(-c2ccc3ccccc3c2)cc(-n2c3ccccc3c3cc4cc5c6ccccc6c6ccccc6n5c4cc32)c1. The molecule has 2 heteroatoms. The van der Waals surface area contributed by atoms with Gasteiger partial charge in [0.1, 0.15) is 0 Å². The molecule has 0 aliphatic carbocycles. The van der Waals surface area contributed by atoms with E-state index in [4.69, 9.17) is 0 Å². The maximum Gasteiger partial charge on any atom is 0.0562 e. The summed E-state index contributed by atoms with van der Waals surface area (Å²) in [5, 5.41) is 10.2. The lowest BCUT2D eigenvalue weighted by Gasteiger charge is -2.12. The summed E-state index contributed by atoms with van der Waals surface area (Å²) >= 11 is 0. The van der Waals surface area contributed by atoms with E-state index in [-0.39, 0.29) is 0 Å². The summed E-state index contributed by atoms with van der Waals surface area (Å²) in [6.45, 7) is 0. The van der Waals surface area contributed by atoms with Gasteiger partial charge in [0.25, 0.3) is 0 Å². The van der Waals surface area contributed by atoms with Gasteiger partial charge in [-0.25, -0.2) is 0 Å². The van der Waals surface area contributed by atoms with Crippen LogP contribution in [0.5, 0.6) is 0 Å². The van der Waals surface area contributed by atoms with Crippen molar-refractivity contribution in [2.75, 3.05) is 0 Å². The van der Waals surface area contributed by atoms with Gasteiger partial charge in [0.2, 0.25) is 0 Å². The minimum atomic E-state index is 1.16. The monoisotopic (exact) mass is 558 g/mol. The minimum Gasteiger partial charge on any atom is -0.309 e. The van der Waals surface area contributed by atoms with Crippen molar-refractivity contribution < 1.29 is 0 Å². The average molecular weight is 559 g/mol. The average Bonchev–Trinajstić information content (AvgIpc) is 3.63. The second kappa shape index (κ2) is 8.82. The number of benzene rings is 7. The molecular weight excluding hydrogens is 532 g/mol. The zero-order chi connectivity index (χ0) is 28.8. The summed E-state index contributed by atoms with van der Waals surface area (Å²) in [6, 6.07) is 57.9. The van der Waals surface area contributed by atoms with Crippen LogP contribution in [-0.2, 0) is 0 Å². The highest BCUT2D eigenvalue weighted by Gasteiger charge is 2.17. The molecule has 0 aliphatic rings. The second-order valence-corrected chi connectivity index (χ2v) is 11.8. The van der Waals surface area contributed by atoms with Crippen molar-refractivity contribution in [3.8, 4) is 16.8 Å². The molecule has 0 saturated heterocycles. The lowest BCUT2D eigenvalue weighted by Crippen LogP contribution is -1.95. The third kappa shape index (κ3) is 3.25. The van der Waals surface area contributed by atoms with E-state index >= 15 is 0 Å². The van der Waals surface area contributed by atoms with Crippen molar-refractivity contribution in [2.45, 2.75) is 0 Å². The Morgan fingerprint density at radius 1 is 0.295 bits per heavy atom. The molecule has 0 aliphatic heterocycles. The zero-order valence-electron chi connectivity index (χ0n) is 23.9. The third-order valence-electron chi connectivity index (χ3n) is 9.42. The molecule has 0 atom stereocenters. The molecule has 2 nitrogen and oxygen atoms in total. The molecule has 3 heterocycles. The van der Waals surface area contributed by atoms with E-state index in [2.05, 4.69) is 167 Å². The highest BCUT2D eigenvalue weighted by Crippen LogP contribution is 2.39. The Balaban J connectivity index is 1.29. The van der Waals surface area contributed by atoms with Crippen LogP contribution >= 0.6 is 0 Å². The van der Waals surface area contributed by atoms with Crippen molar-refractivity contribution in [3.05, 3.63) is 158 Å². The van der Waals surface area contributed by atoms with Crippen molar-refractivity contribution in [1.82, 2.24) is 8.97 Å². The summed E-state index contributed by atoms with van der Waals surface area (Å²) in [4.78, 5) is 0. The van der Waals surface area contributed by atoms with Crippen molar-refractivity contribution in [1.29, 1.82) is 0 Å². The third-order valence-corrected chi connectivity index (χ3v) is 9.42. The van der Waals surface area contributed by atoms with Gasteiger partial charge >= 0.3 is 0 Å². The van der Waals surface area contributed by atoms with Crippen LogP contribution in [0.15, 0.2) is 158 Å². The number of rotatable bonds is 2. The van der Waals surface area contributed by atoms with Gasteiger partial charge in [0, 0.05) is 32.6 Å². The Labute approximate surface area is 253 Å². The maximum atomic E-state index is 2.46. The maximum absolute atomic E-state index is 2.46. The molecule has 10 rings (SSSR count). The van der Waals surface area contributed by atoms with Crippen molar-refractivity contribution >= 4 is 70.7 Å². The topological polar surface area (TPSA) is 9.34 Å². The predicted octanol–water partition coefficient (Wildman–Crippen LogP) is 11.3. The highest BCUT2D eigenvalue weighted by atomic mass is 15.0. The molecule has 0 amide bonds. The normalized spacial score (nSPS) is 12.1. The summed E-state index contributed by atoms with van der Waals surface area (Å²) in [5.41, 5.74) is 9.74. The first-order valence-corrected chi connectivity index (χ1v) is 15.2. The van der Waals surface area contributed by atoms with E-state index in [1.165, 1.54) is 81.8 Å². The molecule has 0 spiro atoms. The van der Waals surface area contributed by atoms with Crippen LogP contribution < -0.4 is 0 Å². The molecule has 7 aromatic carbocycles. The quantitative estimate of drug-likeness (QED) is 0.187. The van der Waals surface area contributed by atoms with Crippen LogP contribution in [0.4, 0.5) is 0 Å². The molecule has 204 valence electrons. The van der Waals surface area contributed by atoms with Crippen molar-refractivity contribution in [3.63, 3.8) is 0 Å². The Hall–Kier alpha value is -5.86. The van der Waals surface area contributed by atoms with Gasteiger partial charge in [-0.1, -0.05) is 109 Å². The number of hydrogen-bond donors (Lipinski definition) is 0. The minimum absolute atomic E-state index is 1.16. The lowest BCUT2D eigenvalue weighted by molar-refractivity contribution is 1.18. The van der Waals surface area contributed by atoms with Crippen LogP contribution in [0.3, 0.4) is 0 Å². The Kier molecular flexibility index (Phi) is 4.75. The van der Waals surface area contributed by atoms with Gasteiger partial charge in [-0.2, -0.15) is 0 Å². The van der Waals surface area contributed by atoms with Gasteiger partial charge in [-0.15, -0.1) is 0 Å². The molecule has 0 N–H and O–H groups in total. The molecular formula is C42H26N2. The molecule has 0 unspecified atom stereocenters. The number of para-hydroxylation sites is 2. The molecule has 10 aromatic rings. The van der Waals surface area contributed by atoms with Crippen LogP contribution in [0.1, 0.15) is 0 Å². The molecule has 3 aromatic heterocycles. The van der Waals surface area contributed by atoms with E-state index in [9.17, 15) is 0 Å². The van der Waals surface area contributed by atoms with E-state index in [1.807, 2.05) is 0 Å². The fourth-order valence-corrected chi connectivity index (χ4v) is 7.44. The van der Waals surface area contributed by atoms with E-state index < -0.39 is 0 Å². The van der Waals surface area contributed by atoms with Crippen LogP contribution in [0.2, 0.25) is 0 Å². The summed E-state index contributed by atoms with van der Waals surface area (Å²) in [5.74, 6) is 0. The van der Waals surface area contributed by atoms with Gasteiger partial charge < -0.3 is 8.97 Å². The van der Waals surface area contributed by atoms with Crippen LogP contribution in [0.25, 0.3) is 87.5 Å². The molecule has 0 bridgehead atoms. The summed E-state index contributed by atoms with van der Waals surface area (Å²) < 4.78 is 4.90. The number of nitrogens with zero attached hydrogens (tertiary/aromatic N) is 2. The largest absolute Gasteiger partial charge is 0.309 e. The number of pyridine rings is 1. The summed E-state index contributed by atoms with van der Waals surface area (Å²) in [6.07, 6.45) is 0. The number of hydrogen-bond acceptors (Lipinski definition) is 0. The van der Waals surface area contributed by atoms with Crippen LogP contribution in [-0.4, -0.2) is 8.97 Å². The van der Waals surface area contributed by atoms with Crippen LogP contribution in [0, 0.1) is 0 Å². The first-order valence-electron chi connectivity index (χ1n) is 15.2. The van der Waals surface area contributed by atoms with Crippen molar-refractivity contribution in [2.24, 2.45) is 0 Å². The molecule has 44 heavy (non-hydrogen) atoms. The van der Waals surface area contributed by atoms with E-state index in [0.717, 1.165) is 5.69 Å². The standard InChI is InChI=1S/C42H26N2/c1-2-11-28-22-30(21-20-27(28)10-1)29-12-9-13-32(23-29)43-38-18-7-6-17-36(38)37-24-31-25-41-35-16-4-3-14-33(35)34-15-5-8-19-39(34)44(41)40(31)26-42(37)43/h1-26H. The molecule has 0 fully saturated rings. The zero-order valence-corrected chi connectivity index (χ0v) is 23.9. The van der Waals surface area contributed by atoms with E-state index in [1.54, 1.807) is 0 Å². The number of fused-ring (bicyclic) bond motifs is 12. The van der Waals surface area contributed by atoms with E-state index in [0.29, 0.717) is 0 Å². The predicted molar refractivity (Wildman–Crippen MR) is 187 cm³/mol. The molecule has 0 radical (unpaired) electrons.